The molecule has 1 aliphatic rings. The number of carbonyl (C=O) groups excluding carboxylic acids is 1. The average Bonchev–Trinajstić information content (AvgIpc) is 3.26. The molecule has 2 aromatic carbocycles. The third-order valence-electron chi connectivity index (χ3n) is 6.25. The SMILES string of the molecule is CCOc1ccc(CNC(=O)C2CCN(S(=O)(=O)c3ccc4c(ccn4CC)c3)CC2)cc1. The molecule has 176 valence electrons. The summed E-state index contributed by atoms with van der Waals surface area (Å²) in [5.41, 5.74) is 2.03. The molecule has 0 radical (unpaired) electrons. The molecule has 0 aliphatic carbocycles. The molecule has 1 aromatic heterocycles. The lowest BCUT2D eigenvalue weighted by Gasteiger charge is -2.30. The number of aromatic nitrogens is 1. The van der Waals surface area contributed by atoms with E-state index < -0.39 is 10.0 Å². The molecule has 1 N–H and O–H groups in total. The van der Waals surface area contributed by atoms with Gasteiger partial charge in [-0.3, -0.25) is 4.79 Å². The zero-order valence-corrected chi connectivity index (χ0v) is 20.0. The van der Waals surface area contributed by atoms with Crippen LogP contribution in [0.2, 0.25) is 0 Å². The van der Waals surface area contributed by atoms with Gasteiger partial charge in [-0.05, 0) is 68.7 Å². The Bertz CT molecular complexity index is 1210. The van der Waals surface area contributed by atoms with Crippen LogP contribution >= 0.6 is 0 Å². The maximum Gasteiger partial charge on any atom is 0.243 e. The molecule has 1 aliphatic heterocycles. The van der Waals surface area contributed by atoms with Crippen LogP contribution in [0.15, 0.2) is 59.6 Å². The van der Waals surface area contributed by atoms with E-state index in [1.165, 1.54) is 4.31 Å². The Kier molecular flexibility index (Phi) is 7.05. The Morgan fingerprint density at radius 3 is 2.45 bits per heavy atom. The van der Waals surface area contributed by atoms with Crippen LogP contribution in [0.25, 0.3) is 10.9 Å². The number of piperidine rings is 1. The molecule has 7 nitrogen and oxygen atoms in total. The van der Waals surface area contributed by atoms with Crippen molar-refractivity contribution in [2.75, 3.05) is 19.7 Å². The first-order valence-electron chi connectivity index (χ1n) is 11.5. The third kappa shape index (κ3) is 5.07. The quantitative estimate of drug-likeness (QED) is 0.545. The lowest BCUT2D eigenvalue weighted by atomic mass is 9.97. The molecule has 1 fully saturated rings. The van der Waals surface area contributed by atoms with Crippen LogP contribution in [0.1, 0.15) is 32.3 Å². The number of nitrogens with one attached hydrogen (secondary N) is 1. The number of amides is 1. The maximum absolute atomic E-state index is 13.2. The molecule has 0 bridgehead atoms. The maximum atomic E-state index is 13.2. The molecule has 33 heavy (non-hydrogen) atoms. The second-order valence-electron chi connectivity index (χ2n) is 8.30. The predicted molar refractivity (Wildman–Crippen MR) is 129 cm³/mol. The van der Waals surface area contributed by atoms with Gasteiger partial charge in [-0.1, -0.05) is 12.1 Å². The van der Waals surface area contributed by atoms with Crippen molar-refractivity contribution in [3.63, 3.8) is 0 Å². The highest BCUT2D eigenvalue weighted by Crippen LogP contribution is 2.27. The minimum Gasteiger partial charge on any atom is -0.494 e. The number of carbonyl (C=O) groups is 1. The largest absolute Gasteiger partial charge is 0.494 e. The summed E-state index contributed by atoms with van der Waals surface area (Å²) >= 11 is 0. The van der Waals surface area contributed by atoms with E-state index in [4.69, 9.17) is 4.74 Å². The van der Waals surface area contributed by atoms with Gasteiger partial charge in [-0.15, -0.1) is 0 Å². The first kappa shape index (κ1) is 23.3. The number of hydrogen-bond acceptors (Lipinski definition) is 4. The van der Waals surface area contributed by atoms with Crippen LogP contribution in [0.4, 0.5) is 0 Å². The Morgan fingerprint density at radius 2 is 1.79 bits per heavy atom. The van der Waals surface area contributed by atoms with Crippen molar-refractivity contribution in [1.82, 2.24) is 14.2 Å². The van der Waals surface area contributed by atoms with Crippen LogP contribution in [-0.2, 0) is 27.9 Å². The topological polar surface area (TPSA) is 80.6 Å². The summed E-state index contributed by atoms with van der Waals surface area (Å²) in [6, 6.07) is 14.9. The van der Waals surface area contributed by atoms with Gasteiger partial charge in [0.1, 0.15) is 5.75 Å². The van der Waals surface area contributed by atoms with Gasteiger partial charge >= 0.3 is 0 Å². The molecule has 4 rings (SSSR count). The molecular formula is C25H31N3O4S. The first-order valence-corrected chi connectivity index (χ1v) is 12.9. The fraction of sp³-hybridized carbons (Fsp3) is 0.400. The van der Waals surface area contributed by atoms with Crippen molar-refractivity contribution in [3.8, 4) is 5.75 Å². The van der Waals surface area contributed by atoms with Gasteiger partial charge in [0.15, 0.2) is 0 Å². The van der Waals surface area contributed by atoms with Crippen molar-refractivity contribution < 1.29 is 17.9 Å². The molecule has 1 saturated heterocycles. The summed E-state index contributed by atoms with van der Waals surface area (Å²) in [5.74, 6) is 0.603. The van der Waals surface area contributed by atoms with Gasteiger partial charge in [-0.2, -0.15) is 4.31 Å². The highest BCUT2D eigenvalue weighted by Gasteiger charge is 2.32. The van der Waals surface area contributed by atoms with E-state index in [1.54, 1.807) is 12.1 Å². The van der Waals surface area contributed by atoms with Gasteiger partial charge in [0.05, 0.1) is 11.5 Å². The summed E-state index contributed by atoms with van der Waals surface area (Å²) in [5, 5.41) is 3.90. The lowest BCUT2D eigenvalue weighted by molar-refractivity contribution is -0.126. The van der Waals surface area contributed by atoms with E-state index >= 15 is 0 Å². The second-order valence-corrected chi connectivity index (χ2v) is 10.2. The first-order chi connectivity index (χ1) is 15.9. The summed E-state index contributed by atoms with van der Waals surface area (Å²) in [4.78, 5) is 12.9. The van der Waals surface area contributed by atoms with E-state index in [0.717, 1.165) is 28.8 Å². The summed E-state index contributed by atoms with van der Waals surface area (Å²) < 4.78 is 35.4. The zero-order chi connectivity index (χ0) is 23.4. The molecule has 2 heterocycles. The third-order valence-corrected chi connectivity index (χ3v) is 8.14. The van der Waals surface area contributed by atoms with E-state index in [0.29, 0.717) is 44.0 Å². The van der Waals surface area contributed by atoms with Gasteiger partial charge < -0.3 is 14.6 Å². The molecule has 3 aromatic rings. The minimum atomic E-state index is -3.58. The fourth-order valence-corrected chi connectivity index (χ4v) is 5.83. The number of nitrogens with zero attached hydrogens (tertiary/aromatic N) is 2. The number of rotatable bonds is 8. The number of hydrogen-bond donors (Lipinski definition) is 1. The van der Waals surface area contributed by atoms with E-state index in [-0.39, 0.29) is 11.8 Å². The van der Waals surface area contributed by atoms with Crippen LogP contribution in [0, 0.1) is 5.92 Å². The summed E-state index contributed by atoms with van der Waals surface area (Å²) in [6.07, 6.45) is 3.00. The van der Waals surface area contributed by atoms with Crippen molar-refractivity contribution in [2.24, 2.45) is 5.92 Å². The monoisotopic (exact) mass is 469 g/mol. The summed E-state index contributed by atoms with van der Waals surface area (Å²) in [7, 11) is -3.58. The van der Waals surface area contributed by atoms with Gasteiger partial charge in [0.25, 0.3) is 0 Å². The van der Waals surface area contributed by atoms with Crippen molar-refractivity contribution >= 4 is 26.8 Å². The fourth-order valence-electron chi connectivity index (χ4n) is 4.33. The van der Waals surface area contributed by atoms with Crippen LogP contribution < -0.4 is 10.1 Å². The van der Waals surface area contributed by atoms with Crippen molar-refractivity contribution in [2.45, 2.75) is 44.7 Å². The van der Waals surface area contributed by atoms with Gasteiger partial charge in [-0.25, -0.2) is 8.42 Å². The Labute approximate surface area is 195 Å². The van der Waals surface area contributed by atoms with Gasteiger partial charge in [0.2, 0.25) is 15.9 Å². The number of benzene rings is 2. The molecule has 8 heteroatoms. The zero-order valence-electron chi connectivity index (χ0n) is 19.2. The lowest BCUT2D eigenvalue weighted by Crippen LogP contribution is -2.42. The predicted octanol–water partition coefficient (Wildman–Crippen LogP) is 3.78. The highest BCUT2D eigenvalue weighted by molar-refractivity contribution is 7.89. The molecule has 0 spiro atoms. The molecule has 1 amide bonds. The number of sulfonamides is 1. The number of ether oxygens (including phenoxy) is 1. The highest BCUT2D eigenvalue weighted by atomic mass is 32.2. The molecule has 0 saturated carbocycles. The van der Waals surface area contributed by atoms with E-state index in [1.807, 2.05) is 49.5 Å². The van der Waals surface area contributed by atoms with Crippen molar-refractivity contribution in [3.05, 3.63) is 60.3 Å². The number of aryl methyl sites for hydroxylation is 1. The van der Waals surface area contributed by atoms with Gasteiger partial charge in [0, 0.05) is 49.2 Å². The average molecular weight is 470 g/mol. The van der Waals surface area contributed by atoms with Crippen LogP contribution in [0.5, 0.6) is 5.75 Å². The minimum absolute atomic E-state index is 0.0248. The molecule has 0 unspecified atom stereocenters. The van der Waals surface area contributed by atoms with Crippen LogP contribution in [0.3, 0.4) is 0 Å². The smallest absolute Gasteiger partial charge is 0.243 e. The molecular weight excluding hydrogens is 438 g/mol. The van der Waals surface area contributed by atoms with E-state index in [9.17, 15) is 13.2 Å². The second kappa shape index (κ2) is 9.97. The van der Waals surface area contributed by atoms with Crippen LogP contribution in [-0.4, -0.2) is 42.9 Å². The number of fused-ring (bicyclic) bond motifs is 1. The Hall–Kier alpha value is -2.84. The van der Waals surface area contributed by atoms with E-state index in [2.05, 4.69) is 16.8 Å². The molecule has 0 atom stereocenters. The van der Waals surface area contributed by atoms with Crippen molar-refractivity contribution in [1.29, 1.82) is 0 Å². The normalized spacial score (nSPS) is 15.6. The standard InChI is InChI=1S/C25H31N3O4S/c1-3-27-14-11-21-17-23(9-10-24(21)27)33(30,31)28-15-12-20(13-16-28)25(29)26-18-19-5-7-22(8-6-19)32-4-2/h5-11,14,17,20H,3-4,12-13,15-16,18H2,1-2H3,(H,26,29). The summed E-state index contributed by atoms with van der Waals surface area (Å²) in [6.45, 7) is 6.58. The Balaban J connectivity index is 1.33. The Morgan fingerprint density at radius 1 is 1.06 bits per heavy atom.